The fourth-order valence-corrected chi connectivity index (χ4v) is 3.59. The maximum atomic E-state index is 11.6. The van der Waals surface area contributed by atoms with E-state index in [1.165, 1.54) is 36.2 Å². The van der Waals surface area contributed by atoms with E-state index in [2.05, 4.69) is 14.9 Å². The summed E-state index contributed by atoms with van der Waals surface area (Å²) in [7, 11) is -2.17. The summed E-state index contributed by atoms with van der Waals surface area (Å²) in [6, 6.07) is 4.77. The van der Waals surface area contributed by atoms with Crippen LogP contribution in [0.4, 0.5) is 5.69 Å². The van der Waals surface area contributed by atoms with Gasteiger partial charge in [0.2, 0.25) is 10.0 Å². The summed E-state index contributed by atoms with van der Waals surface area (Å²) in [5, 5.41) is 7.61. The number of hydrogen-bond donors (Lipinski definition) is 2. The number of nitrogens with zero attached hydrogens (tertiary/aromatic N) is 2. The van der Waals surface area contributed by atoms with Gasteiger partial charge in [-0.15, -0.1) is 10.2 Å². The van der Waals surface area contributed by atoms with Crippen molar-refractivity contribution in [1.82, 2.24) is 14.9 Å². The van der Waals surface area contributed by atoms with Crippen molar-refractivity contribution in [2.75, 3.05) is 12.8 Å². The van der Waals surface area contributed by atoms with E-state index in [1.54, 1.807) is 17.6 Å². The Morgan fingerprint density at radius 2 is 2.22 bits per heavy atom. The Labute approximate surface area is 113 Å². The lowest BCUT2D eigenvalue weighted by molar-refractivity contribution is 0.588. The highest BCUT2D eigenvalue weighted by Crippen LogP contribution is 2.31. The fraction of sp³-hybridized carbons (Fsp3) is 0.111. The van der Waals surface area contributed by atoms with E-state index in [9.17, 15) is 8.42 Å². The monoisotopic (exact) mass is 302 g/mol. The number of rotatable bonds is 4. The second kappa shape index (κ2) is 5.22. The second-order valence-corrected chi connectivity index (χ2v) is 7.22. The molecule has 0 atom stereocenters. The lowest BCUT2D eigenvalue weighted by Gasteiger charge is -2.07. The summed E-state index contributed by atoms with van der Waals surface area (Å²) in [6.45, 7) is 0. The Kier molecular flexibility index (Phi) is 3.85. The van der Waals surface area contributed by atoms with Crippen LogP contribution >= 0.6 is 23.1 Å². The Morgan fingerprint density at radius 1 is 1.44 bits per heavy atom. The van der Waals surface area contributed by atoms with Crippen molar-refractivity contribution in [2.45, 2.75) is 14.1 Å². The predicted octanol–water partition coefficient (Wildman–Crippen LogP) is 1.18. The minimum absolute atomic E-state index is 0.0756. The van der Waals surface area contributed by atoms with Crippen LogP contribution in [0.5, 0.6) is 0 Å². The van der Waals surface area contributed by atoms with Gasteiger partial charge in [0.1, 0.15) is 10.4 Å². The van der Waals surface area contributed by atoms with Crippen LogP contribution in [-0.4, -0.2) is 25.7 Å². The number of hydrogen-bond acceptors (Lipinski definition) is 7. The first-order chi connectivity index (χ1) is 8.53. The quantitative estimate of drug-likeness (QED) is 0.823. The standard InChI is InChI=1S/C9H10N4O2S3/c1-11-18(14,15)8-3-2-6(4-7(8)10)17-9-13-12-5-16-9/h2-5,11H,10H2,1H3. The average Bonchev–Trinajstić information content (AvgIpc) is 2.81. The number of anilines is 1. The van der Waals surface area contributed by atoms with Crippen LogP contribution in [0.2, 0.25) is 0 Å². The Hall–Kier alpha value is -1.16. The molecule has 1 heterocycles. The second-order valence-electron chi connectivity index (χ2n) is 3.21. The SMILES string of the molecule is CNS(=O)(=O)c1ccc(Sc2nncs2)cc1N. The molecule has 2 aromatic rings. The van der Waals surface area contributed by atoms with Crippen LogP contribution in [-0.2, 0) is 10.0 Å². The number of nitrogens with two attached hydrogens (primary N) is 1. The summed E-state index contributed by atoms with van der Waals surface area (Å²) in [4.78, 5) is 0.894. The first-order valence-corrected chi connectivity index (χ1v) is 7.98. The zero-order valence-corrected chi connectivity index (χ0v) is 11.8. The van der Waals surface area contributed by atoms with E-state index < -0.39 is 10.0 Å². The van der Waals surface area contributed by atoms with Crippen molar-refractivity contribution < 1.29 is 8.42 Å². The summed E-state index contributed by atoms with van der Waals surface area (Å²) in [5.74, 6) is 0. The first kappa shape index (κ1) is 13.3. The molecule has 0 radical (unpaired) electrons. The van der Waals surface area contributed by atoms with Gasteiger partial charge in [0.25, 0.3) is 0 Å². The average molecular weight is 302 g/mol. The van der Waals surface area contributed by atoms with Gasteiger partial charge in [-0.2, -0.15) is 0 Å². The van der Waals surface area contributed by atoms with Gasteiger partial charge in [0.15, 0.2) is 4.34 Å². The van der Waals surface area contributed by atoms with Gasteiger partial charge in [-0.05, 0) is 25.2 Å². The minimum Gasteiger partial charge on any atom is -0.398 e. The van der Waals surface area contributed by atoms with Crippen molar-refractivity contribution in [3.8, 4) is 0 Å². The van der Waals surface area contributed by atoms with Crippen molar-refractivity contribution in [2.24, 2.45) is 0 Å². The van der Waals surface area contributed by atoms with Crippen molar-refractivity contribution in [1.29, 1.82) is 0 Å². The van der Waals surface area contributed by atoms with Crippen LogP contribution in [0.3, 0.4) is 0 Å². The van der Waals surface area contributed by atoms with Crippen molar-refractivity contribution in [3.05, 3.63) is 23.7 Å². The van der Waals surface area contributed by atoms with E-state index in [-0.39, 0.29) is 10.6 Å². The van der Waals surface area contributed by atoms with Gasteiger partial charge < -0.3 is 5.73 Å². The first-order valence-electron chi connectivity index (χ1n) is 4.80. The molecule has 9 heteroatoms. The number of aromatic nitrogens is 2. The van der Waals surface area contributed by atoms with E-state index in [0.29, 0.717) is 0 Å². The smallest absolute Gasteiger partial charge is 0.242 e. The molecular formula is C9H10N4O2S3. The van der Waals surface area contributed by atoms with Crippen LogP contribution in [0.25, 0.3) is 0 Å². The molecule has 0 spiro atoms. The lowest BCUT2D eigenvalue weighted by atomic mass is 10.3. The molecule has 2 rings (SSSR count). The zero-order chi connectivity index (χ0) is 13.2. The molecule has 1 aromatic heterocycles. The molecule has 1 aromatic carbocycles. The molecular weight excluding hydrogens is 292 g/mol. The molecule has 0 saturated carbocycles. The highest BCUT2D eigenvalue weighted by atomic mass is 32.2. The van der Waals surface area contributed by atoms with Gasteiger partial charge in [0, 0.05) is 4.90 Å². The zero-order valence-electron chi connectivity index (χ0n) is 9.32. The molecule has 0 aliphatic heterocycles. The molecule has 6 nitrogen and oxygen atoms in total. The molecule has 0 saturated heterocycles. The molecule has 0 unspecified atom stereocenters. The molecule has 0 bridgehead atoms. The largest absolute Gasteiger partial charge is 0.398 e. The third-order valence-corrected chi connectivity index (χ3v) is 5.34. The number of benzene rings is 1. The van der Waals surface area contributed by atoms with E-state index >= 15 is 0 Å². The third-order valence-electron chi connectivity index (χ3n) is 2.08. The fourth-order valence-electron chi connectivity index (χ4n) is 1.25. The Bertz CT molecular complexity index is 640. The molecule has 0 aliphatic carbocycles. The molecule has 96 valence electrons. The van der Waals surface area contributed by atoms with E-state index in [4.69, 9.17) is 5.73 Å². The lowest BCUT2D eigenvalue weighted by Crippen LogP contribution is -2.19. The Morgan fingerprint density at radius 3 is 2.78 bits per heavy atom. The minimum atomic E-state index is -3.52. The van der Waals surface area contributed by atoms with E-state index in [0.717, 1.165) is 9.24 Å². The highest BCUT2D eigenvalue weighted by molar-refractivity contribution is 8.01. The van der Waals surface area contributed by atoms with Gasteiger partial charge in [0.05, 0.1) is 5.69 Å². The van der Waals surface area contributed by atoms with Gasteiger partial charge >= 0.3 is 0 Å². The predicted molar refractivity (Wildman–Crippen MR) is 71.1 cm³/mol. The maximum Gasteiger partial charge on any atom is 0.242 e. The van der Waals surface area contributed by atoms with Crippen molar-refractivity contribution >= 4 is 38.8 Å². The van der Waals surface area contributed by atoms with Crippen LogP contribution < -0.4 is 10.5 Å². The van der Waals surface area contributed by atoms with Crippen LogP contribution in [0, 0.1) is 0 Å². The molecule has 0 aliphatic rings. The summed E-state index contributed by atoms with van der Waals surface area (Å²) < 4.78 is 26.3. The van der Waals surface area contributed by atoms with Gasteiger partial charge in [-0.25, -0.2) is 13.1 Å². The molecule has 0 fully saturated rings. The summed E-state index contributed by atoms with van der Waals surface area (Å²) in [5.41, 5.74) is 7.58. The van der Waals surface area contributed by atoms with Crippen molar-refractivity contribution in [3.63, 3.8) is 0 Å². The number of sulfonamides is 1. The summed E-state index contributed by atoms with van der Waals surface area (Å²) in [6.07, 6.45) is 0. The molecule has 0 amide bonds. The number of nitrogen functional groups attached to an aromatic ring is 1. The molecule has 18 heavy (non-hydrogen) atoms. The maximum absolute atomic E-state index is 11.6. The van der Waals surface area contributed by atoms with Crippen LogP contribution in [0.1, 0.15) is 0 Å². The highest BCUT2D eigenvalue weighted by Gasteiger charge is 2.15. The van der Waals surface area contributed by atoms with E-state index in [1.807, 2.05) is 0 Å². The molecule has 3 N–H and O–H groups in total. The Balaban J connectivity index is 2.31. The topological polar surface area (TPSA) is 98.0 Å². The summed E-state index contributed by atoms with van der Waals surface area (Å²) >= 11 is 2.79. The third kappa shape index (κ3) is 2.80. The van der Waals surface area contributed by atoms with Gasteiger partial charge in [-0.3, -0.25) is 0 Å². The normalized spacial score (nSPS) is 11.6. The number of nitrogens with one attached hydrogen (secondary N) is 1. The van der Waals surface area contributed by atoms with Crippen LogP contribution in [0.15, 0.2) is 37.8 Å². The van der Waals surface area contributed by atoms with Gasteiger partial charge in [-0.1, -0.05) is 23.1 Å².